The average molecular weight is 177 g/mol. The fourth-order valence-electron chi connectivity index (χ4n) is 1.62. The van der Waals surface area contributed by atoms with Gasteiger partial charge in [0, 0.05) is 17.9 Å². The zero-order valence-corrected chi connectivity index (χ0v) is 8.26. The van der Waals surface area contributed by atoms with Gasteiger partial charge < -0.3 is 15.3 Å². The number of aromatic amines is 1. The van der Waals surface area contributed by atoms with E-state index < -0.39 is 0 Å². The number of aromatic nitrogens is 2. The molecule has 0 bridgehead atoms. The number of fused-ring (bicyclic) bond motifs is 1. The van der Waals surface area contributed by atoms with E-state index in [1.165, 1.54) is 5.52 Å². The van der Waals surface area contributed by atoms with E-state index in [1.807, 2.05) is 12.4 Å². The maximum Gasteiger partial charge on any atom is 0.0870 e. The van der Waals surface area contributed by atoms with Crippen LogP contribution in [0.25, 0.3) is 11.0 Å². The van der Waals surface area contributed by atoms with Gasteiger partial charge in [0.2, 0.25) is 0 Å². The van der Waals surface area contributed by atoms with E-state index in [4.69, 9.17) is 5.73 Å². The number of H-pyrrole nitrogens is 1. The van der Waals surface area contributed by atoms with Crippen molar-refractivity contribution in [3.8, 4) is 0 Å². The fourth-order valence-corrected chi connectivity index (χ4v) is 1.62. The average Bonchev–Trinajstić information content (AvgIpc) is 2.51. The van der Waals surface area contributed by atoms with Crippen LogP contribution in [0.4, 0.5) is 5.69 Å². The highest BCUT2D eigenvalue weighted by atomic mass is 15.1. The van der Waals surface area contributed by atoms with Crippen molar-refractivity contribution in [1.29, 1.82) is 0 Å². The molecule has 2 aromatic rings. The van der Waals surface area contributed by atoms with E-state index in [0.29, 0.717) is 0 Å². The fraction of sp³-hybridized carbons (Fsp3) is 0.400. The Morgan fingerprint density at radius 1 is 1.38 bits per heavy atom. The van der Waals surface area contributed by atoms with Gasteiger partial charge in [-0.3, -0.25) is 0 Å². The molecule has 13 heavy (non-hydrogen) atoms. The number of nitrogens with one attached hydrogen (secondary N) is 1. The molecule has 2 heterocycles. The molecule has 0 atom stereocenters. The first-order valence-corrected chi connectivity index (χ1v) is 4.44. The normalized spacial score (nSPS) is 12.5. The lowest BCUT2D eigenvalue weighted by molar-refractivity contribution is 0.411. The third-order valence-electron chi connectivity index (χ3n) is 2.26. The Morgan fingerprint density at radius 2 is 2.08 bits per heavy atom. The Kier molecular flexibility index (Phi) is 1.46. The zero-order chi connectivity index (χ0) is 9.64. The number of nitrogens with zero attached hydrogens (tertiary/aromatic N) is 1. The SMILES string of the molecule is CC(C)(C)n1cc(N)c2[nH]ccc21. The van der Waals surface area contributed by atoms with Crippen LogP contribution in [0.3, 0.4) is 0 Å². The van der Waals surface area contributed by atoms with Crippen LogP contribution in [-0.2, 0) is 5.54 Å². The molecule has 70 valence electrons. The summed E-state index contributed by atoms with van der Waals surface area (Å²) in [6, 6.07) is 2.05. The molecule has 3 nitrogen and oxygen atoms in total. The predicted octanol–water partition coefficient (Wildman–Crippen LogP) is 2.31. The van der Waals surface area contributed by atoms with Crippen molar-refractivity contribution in [3.05, 3.63) is 18.5 Å². The molecule has 3 heteroatoms. The van der Waals surface area contributed by atoms with Crippen LogP contribution < -0.4 is 5.73 Å². The van der Waals surface area contributed by atoms with Crippen LogP contribution in [0.15, 0.2) is 18.5 Å². The minimum Gasteiger partial charge on any atom is -0.396 e. The van der Waals surface area contributed by atoms with E-state index in [-0.39, 0.29) is 5.54 Å². The topological polar surface area (TPSA) is 46.7 Å². The van der Waals surface area contributed by atoms with Gasteiger partial charge in [0.15, 0.2) is 0 Å². The summed E-state index contributed by atoms with van der Waals surface area (Å²) in [6.07, 6.45) is 3.91. The Hall–Kier alpha value is -1.38. The van der Waals surface area contributed by atoms with Crippen molar-refractivity contribution in [1.82, 2.24) is 9.55 Å². The van der Waals surface area contributed by atoms with Gasteiger partial charge in [-0.05, 0) is 26.8 Å². The smallest absolute Gasteiger partial charge is 0.0870 e. The summed E-state index contributed by atoms with van der Waals surface area (Å²) in [6.45, 7) is 6.50. The molecule has 0 fully saturated rings. The number of nitrogen functional groups attached to an aromatic ring is 1. The highest BCUT2D eigenvalue weighted by Gasteiger charge is 2.17. The summed E-state index contributed by atoms with van der Waals surface area (Å²) in [5, 5.41) is 0. The van der Waals surface area contributed by atoms with Crippen molar-refractivity contribution < 1.29 is 0 Å². The number of hydrogen-bond acceptors (Lipinski definition) is 1. The van der Waals surface area contributed by atoms with E-state index in [9.17, 15) is 0 Å². The van der Waals surface area contributed by atoms with Crippen LogP contribution in [0.2, 0.25) is 0 Å². The molecule has 2 aromatic heterocycles. The third-order valence-corrected chi connectivity index (χ3v) is 2.26. The number of anilines is 1. The molecule has 0 unspecified atom stereocenters. The minimum absolute atomic E-state index is 0.0814. The molecule has 0 saturated carbocycles. The van der Waals surface area contributed by atoms with Crippen molar-refractivity contribution >= 4 is 16.7 Å². The summed E-state index contributed by atoms with van der Waals surface area (Å²) in [4.78, 5) is 3.13. The second-order valence-electron chi connectivity index (χ2n) is 4.36. The monoisotopic (exact) mass is 177 g/mol. The summed E-state index contributed by atoms with van der Waals surface area (Å²) < 4.78 is 2.19. The van der Waals surface area contributed by atoms with Crippen molar-refractivity contribution in [2.24, 2.45) is 0 Å². The molecule has 2 rings (SSSR count). The highest BCUT2D eigenvalue weighted by molar-refractivity contribution is 5.88. The first-order valence-electron chi connectivity index (χ1n) is 4.44. The van der Waals surface area contributed by atoms with E-state index in [0.717, 1.165) is 11.2 Å². The van der Waals surface area contributed by atoms with E-state index in [2.05, 4.69) is 36.4 Å². The Morgan fingerprint density at radius 3 is 2.69 bits per heavy atom. The molecular weight excluding hydrogens is 162 g/mol. The molecule has 0 aromatic carbocycles. The molecule has 0 aliphatic rings. The van der Waals surface area contributed by atoms with Gasteiger partial charge in [0.1, 0.15) is 0 Å². The zero-order valence-electron chi connectivity index (χ0n) is 8.26. The van der Waals surface area contributed by atoms with Crippen molar-refractivity contribution in [2.45, 2.75) is 26.3 Å². The second-order valence-corrected chi connectivity index (χ2v) is 4.36. The first kappa shape index (κ1) is 8.23. The maximum absolute atomic E-state index is 5.87. The van der Waals surface area contributed by atoms with Crippen molar-refractivity contribution in [3.63, 3.8) is 0 Å². The lowest BCUT2D eigenvalue weighted by Crippen LogP contribution is -2.20. The summed E-state index contributed by atoms with van der Waals surface area (Å²) in [5.41, 5.74) is 8.97. The molecule has 0 saturated heterocycles. The van der Waals surface area contributed by atoms with Gasteiger partial charge in [0.25, 0.3) is 0 Å². The highest BCUT2D eigenvalue weighted by Crippen LogP contribution is 2.27. The molecule has 0 aliphatic heterocycles. The predicted molar refractivity (Wildman–Crippen MR) is 55.7 cm³/mol. The molecule has 0 aliphatic carbocycles. The van der Waals surface area contributed by atoms with Gasteiger partial charge >= 0.3 is 0 Å². The largest absolute Gasteiger partial charge is 0.396 e. The van der Waals surface area contributed by atoms with E-state index >= 15 is 0 Å². The van der Waals surface area contributed by atoms with Crippen LogP contribution in [0.1, 0.15) is 20.8 Å². The van der Waals surface area contributed by atoms with Crippen LogP contribution >= 0.6 is 0 Å². The van der Waals surface area contributed by atoms with Gasteiger partial charge in [-0.2, -0.15) is 0 Å². The van der Waals surface area contributed by atoms with Crippen LogP contribution in [-0.4, -0.2) is 9.55 Å². The molecule has 0 amide bonds. The summed E-state index contributed by atoms with van der Waals surface area (Å²) >= 11 is 0. The quantitative estimate of drug-likeness (QED) is 0.637. The van der Waals surface area contributed by atoms with Crippen LogP contribution in [0.5, 0.6) is 0 Å². The van der Waals surface area contributed by atoms with Gasteiger partial charge in [-0.15, -0.1) is 0 Å². The molecule has 0 radical (unpaired) electrons. The van der Waals surface area contributed by atoms with Gasteiger partial charge in [-0.1, -0.05) is 0 Å². The molecule has 0 spiro atoms. The maximum atomic E-state index is 5.87. The summed E-state index contributed by atoms with van der Waals surface area (Å²) in [7, 11) is 0. The second kappa shape index (κ2) is 2.31. The Balaban J connectivity index is 2.76. The van der Waals surface area contributed by atoms with Gasteiger partial charge in [-0.25, -0.2) is 0 Å². The Labute approximate surface area is 77.5 Å². The summed E-state index contributed by atoms with van der Waals surface area (Å²) in [5.74, 6) is 0. The lowest BCUT2D eigenvalue weighted by atomic mass is 10.1. The minimum atomic E-state index is 0.0814. The molecule has 3 N–H and O–H groups in total. The van der Waals surface area contributed by atoms with Gasteiger partial charge in [0.05, 0.1) is 16.7 Å². The standard InChI is InChI=1S/C10H15N3/c1-10(2,3)13-6-7(11)9-8(13)4-5-12-9/h4-6,12H,11H2,1-3H3. The first-order chi connectivity index (χ1) is 6.00. The third kappa shape index (κ3) is 1.11. The van der Waals surface area contributed by atoms with Crippen molar-refractivity contribution in [2.75, 3.05) is 5.73 Å². The number of hydrogen-bond donors (Lipinski definition) is 2. The lowest BCUT2D eigenvalue weighted by Gasteiger charge is -2.21. The van der Waals surface area contributed by atoms with Crippen LogP contribution in [0, 0.1) is 0 Å². The Bertz CT molecular complexity index is 428. The van der Waals surface area contributed by atoms with E-state index in [1.54, 1.807) is 0 Å². The molecular formula is C10H15N3. The number of nitrogens with two attached hydrogens (primary N) is 1. The number of rotatable bonds is 0.